The lowest BCUT2D eigenvalue weighted by Gasteiger charge is -2.54. The highest BCUT2D eigenvalue weighted by atomic mass is 16.5. The molecule has 0 bridgehead atoms. The maximum atomic E-state index is 13.3. The van der Waals surface area contributed by atoms with Crippen molar-refractivity contribution in [3.63, 3.8) is 0 Å². The van der Waals surface area contributed by atoms with Gasteiger partial charge in [0.25, 0.3) is 0 Å². The van der Waals surface area contributed by atoms with Gasteiger partial charge in [0.1, 0.15) is 0 Å². The molecule has 0 aromatic heterocycles. The number of carbonyl (C=O) groups is 1. The van der Waals surface area contributed by atoms with Gasteiger partial charge in [-0.15, -0.1) is 0 Å². The molecule has 0 aromatic rings. The maximum Gasteiger partial charge on any atom is 0.158 e. The molecule has 0 unspecified atom stereocenters. The van der Waals surface area contributed by atoms with Crippen LogP contribution in [0.25, 0.3) is 0 Å². The Bertz CT molecular complexity index is 881. The number of allylic oxidation sites excluding steroid dienone is 2. The first-order valence-corrected chi connectivity index (χ1v) is 14.0. The third-order valence-corrected chi connectivity index (χ3v) is 11.3. The number of ether oxygens (including phenoxy) is 1. The molecule has 1 aliphatic heterocycles. The van der Waals surface area contributed by atoms with Gasteiger partial charge in [0, 0.05) is 6.42 Å². The van der Waals surface area contributed by atoms with Crippen molar-refractivity contribution in [2.45, 2.75) is 142 Å². The molecule has 5 heteroatoms. The lowest BCUT2D eigenvalue weighted by molar-refractivity contribution is -0.205. The first kappa shape index (κ1) is 27.3. The number of hydrogen-bond acceptors (Lipinski definition) is 5. The Hall–Kier alpha value is -0.750. The largest absolute Gasteiger partial charge is 0.390 e. The van der Waals surface area contributed by atoms with Crippen LogP contribution in [-0.2, 0) is 9.53 Å². The van der Waals surface area contributed by atoms with Crippen molar-refractivity contribution in [1.29, 1.82) is 0 Å². The van der Waals surface area contributed by atoms with Crippen molar-refractivity contribution < 1.29 is 24.9 Å². The van der Waals surface area contributed by atoms with Crippen molar-refractivity contribution in [1.82, 2.24) is 0 Å². The standard InChI is InChI=1S/C30H50O5/c1-18-19(26(2,3)20-11-15-29(7,33)21(20)17-22(18)31)9-10-23-28(6)14-12-24(32)27(4,5)35-25(28)13-16-30(23,8)34/h20-21,23-25,32-34H,9-17H2,1-8H3/t20-,21-,23-,24+,25-,28-,29-,30+/m1/s1. The third kappa shape index (κ3) is 4.47. The zero-order chi connectivity index (χ0) is 26.2. The van der Waals surface area contributed by atoms with Crippen molar-refractivity contribution >= 4 is 5.78 Å². The van der Waals surface area contributed by atoms with E-state index in [4.69, 9.17) is 4.74 Å². The van der Waals surface area contributed by atoms with Crippen LogP contribution in [0.4, 0.5) is 0 Å². The van der Waals surface area contributed by atoms with Gasteiger partial charge >= 0.3 is 0 Å². The van der Waals surface area contributed by atoms with Gasteiger partial charge in [0.05, 0.1) is 29.0 Å². The number of Topliss-reactive ketones (excluding diaryl/α,β-unsaturated/α-hetero) is 1. The van der Waals surface area contributed by atoms with Gasteiger partial charge < -0.3 is 20.1 Å². The van der Waals surface area contributed by atoms with Crippen molar-refractivity contribution in [2.75, 3.05) is 0 Å². The maximum absolute atomic E-state index is 13.3. The summed E-state index contributed by atoms with van der Waals surface area (Å²) in [6.07, 6.45) is 6.10. The number of aliphatic hydroxyl groups is 3. The summed E-state index contributed by atoms with van der Waals surface area (Å²) in [6.45, 7) is 16.6. The second-order valence-corrected chi connectivity index (χ2v) is 14.3. The first-order valence-electron chi connectivity index (χ1n) is 14.0. The molecule has 1 heterocycles. The molecular weight excluding hydrogens is 440 g/mol. The Balaban J connectivity index is 1.65. The molecule has 3 aliphatic carbocycles. The SMILES string of the molecule is CC1=C(CC[C@@H]2[C@@]3(C)CC[C@H](O)C(C)(C)O[C@@H]3CC[C@]2(C)O)C(C)(C)[C@@H]2CC[C@@](C)(O)[C@@H]2CC1=O. The molecule has 2 saturated carbocycles. The summed E-state index contributed by atoms with van der Waals surface area (Å²) < 4.78 is 6.56. The van der Waals surface area contributed by atoms with Gasteiger partial charge in [-0.05, 0) is 120 Å². The monoisotopic (exact) mass is 490 g/mol. The highest BCUT2D eigenvalue weighted by molar-refractivity contribution is 5.96. The Morgan fingerprint density at radius 3 is 2.17 bits per heavy atom. The molecule has 0 radical (unpaired) electrons. The summed E-state index contributed by atoms with van der Waals surface area (Å²) in [4.78, 5) is 13.3. The fourth-order valence-corrected chi connectivity index (χ4v) is 8.79. The predicted molar refractivity (Wildman–Crippen MR) is 138 cm³/mol. The van der Waals surface area contributed by atoms with Crippen LogP contribution in [0.1, 0.15) is 113 Å². The van der Waals surface area contributed by atoms with Crippen LogP contribution in [0.5, 0.6) is 0 Å². The van der Waals surface area contributed by atoms with Crippen molar-refractivity contribution in [3.05, 3.63) is 11.1 Å². The first-order chi connectivity index (χ1) is 15.9. The molecule has 4 aliphatic rings. The summed E-state index contributed by atoms with van der Waals surface area (Å²) in [5, 5.41) is 33.5. The molecule has 0 amide bonds. The highest BCUT2D eigenvalue weighted by Gasteiger charge is 2.57. The molecule has 35 heavy (non-hydrogen) atoms. The van der Waals surface area contributed by atoms with Gasteiger partial charge in [-0.3, -0.25) is 4.79 Å². The lowest BCUT2D eigenvalue weighted by Crippen LogP contribution is -2.56. The van der Waals surface area contributed by atoms with E-state index < -0.39 is 22.9 Å². The predicted octanol–water partition coefficient (Wildman–Crippen LogP) is 5.35. The minimum atomic E-state index is -0.818. The highest BCUT2D eigenvalue weighted by Crippen LogP contribution is 2.59. The van der Waals surface area contributed by atoms with E-state index in [9.17, 15) is 20.1 Å². The second kappa shape index (κ2) is 8.64. The van der Waals surface area contributed by atoms with E-state index in [0.29, 0.717) is 19.3 Å². The summed E-state index contributed by atoms with van der Waals surface area (Å²) in [6, 6.07) is 0. The molecule has 0 spiro atoms. The van der Waals surface area contributed by atoms with Crippen LogP contribution in [0.3, 0.4) is 0 Å². The topological polar surface area (TPSA) is 87.0 Å². The van der Waals surface area contributed by atoms with Gasteiger partial charge in [0.15, 0.2) is 5.78 Å². The minimum Gasteiger partial charge on any atom is -0.390 e. The van der Waals surface area contributed by atoms with Crippen LogP contribution in [-0.4, -0.2) is 50.1 Å². The fourth-order valence-electron chi connectivity index (χ4n) is 8.79. The molecule has 1 saturated heterocycles. The van der Waals surface area contributed by atoms with Crippen LogP contribution in [0, 0.1) is 28.6 Å². The number of ketones is 1. The average Bonchev–Trinajstić information content (AvgIpc) is 2.96. The quantitative estimate of drug-likeness (QED) is 0.497. The summed E-state index contributed by atoms with van der Waals surface area (Å²) >= 11 is 0. The fraction of sp³-hybridized carbons (Fsp3) is 0.900. The molecule has 3 fully saturated rings. The Morgan fingerprint density at radius 2 is 1.51 bits per heavy atom. The summed E-state index contributed by atoms with van der Waals surface area (Å²) in [7, 11) is 0. The van der Waals surface area contributed by atoms with E-state index in [2.05, 4.69) is 20.8 Å². The molecule has 4 rings (SSSR count). The van der Waals surface area contributed by atoms with Gasteiger partial charge in [-0.1, -0.05) is 26.3 Å². The smallest absolute Gasteiger partial charge is 0.158 e. The zero-order valence-electron chi connectivity index (χ0n) is 23.4. The average molecular weight is 491 g/mol. The number of aliphatic hydroxyl groups excluding tert-OH is 1. The minimum absolute atomic E-state index is 0.00360. The molecule has 8 atom stereocenters. The van der Waals surface area contributed by atoms with Crippen molar-refractivity contribution in [3.8, 4) is 0 Å². The summed E-state index contributed by atoms with van der Waals surface area (Å²) in [5.41, 5.74) is -0.550. The number of rotatable bonds is 3. The van der Waals surface area contributed by atoms with E-state index in [0.717, 1.165) is 44.1 Å². The van der Waals surface area contributed by atoms with E-state index >= 15 is 0 Å². The van der Waals surface area contributed by atoms with Crippen LogP contribution in [0.15, 0.2) is 11.1 Å². The van der Waals surface area contributed by atoms with Gasteiger partial charge in [-0.2, -0.15) is 0 Å². The molecule has 0 aromatic carbocycles. The lowest BCUT2D eigenvalue weighted by atomic mass is 9.55. The van der Waals surface area contributed by atoms with Gasteiger partial charge in [0.2, 0.25) is 0 Å². The normalized spacial score (nSPS) is 47.6. The van der Waals surface area contributed by atoms with E-state index in [-0.39, 0.29) is 40.5 Å². The molecule has 3 N–H and O–H groups in total. The number of fused-ring (bicyclic) bond motifs is 2. The molecule has 200 valence electrons. The van der Waals surface area contributed by atoms with Crippen LogP contribution >= 0.6 is 0 Å². The van der Waals surface area contributed by atoms with Crippen LogP contribution < -0.4 is 0 Å². The third-order valence-electron chi connectivity index (χ3n) is 11.3. The Morgan fingerprint density at radius 1 is 0.886 bits per heavy atom. The van der Waals surface area contributed by atoms with E-state index in [1.165, 1.54) is 5.57 Å². The second-order valence-electron chi connectivity index (χ2n) is 14.3. The van der Waals surface area contributed by atoms with Crippen LogP contribution in [0.2, 0.25) is 0 Å². The van der Waals surface area contributed by atoms with Crippen molar-refractivity contribution in [2.24, 2.45) is 28.6 Å². The molecule has 5 nitrogen and oxygen atoms in total. The molecular formula is C30H50O5. The van der Waals surface area contributed by atoms with E-state index in [1.54, 1.807) is 0 Å². The Kier molecular flexibility index (Phi) is 6.74. The number of hydrogen-bond donors (Lipinski definition) is 3. The number of carbonyl (C=O) groups excluding carboxylic acids is 1. The summed E-state index contributed by atoms with van der Waals surface area (Å²) in [5.74, 6) is 0.453. The van der Waals surface area contributed by atoms with E-state index in [1.807, 2.05) is 34.6 Å². The van der Waals surface area contributed by atoms with Gasteiger partial charge in [-0.25, -0.2) is 0 Å². The zero-order valence-corrected chi connectivity index (χ0v) is 23.4. The Labute approximate surface area is 212 Å².